The molecule has 1 amide bonds. The molecular weight excluding hydrogens is 314 g/mol. The molecule has 4 N–H and O–H groups in total. The molecule has 134 valence electrons. The number of nitrogens with two attached hydrogens (primary N) is 1. The quantitative estimate of drug-likeness (QED) is 0.640. The Kier molecular flexibility index (Phi) is 6.06. The van der Waals surface area contributed by atoms with Crippen molar-refractivity contribution >= 4 is 11.7 Å². The fraction of sp³-hybridized carbons (Fsp3) is 0.474. The summed E-state index contributed by atoms with van der Waals surface area (Å²) in [5.41, 5.74) is 7.96. The highest BCUT2D eigenvalue weighted by atomic mass is 16.1. The van der Waals surface area contributed by atoms with Crippen LogP contribution in [0.1, 0.15) is 31.4 Å². The Bertz CT molecular complexity index is 676. The number of nitrogens with one attached hydrogen (secondary N) is 2. The Labute approximate surface area is 148 Å². The van der Waals surface area contributed by atoms with Gasteiger partial charge in [0.25, 0.3) is 0 Å². The van der Waals surface area contributed by atoms with Crippen LogP contribution in [-0.2, 0) is 11.2 Å². The number of rotatable bonds is 8. The molecule has 25 heavy (non-hydrogen) atoms. The van der Waals surface area contributed by atoms with E-state index < -0.39 is 0 Å². The van der Waals surface area contributed by atoms with Crippen LogP contribution in [0.15, 0.2) is 36.4 Å². The second kappa shape index (κ2) is 8.67. The number of nitrogens with zero attached hydrogens (tertiary/aromatic N) is 2. The van der Waals surface area contributed by atoms with E-state index in [2.05, 4.69) is 15.7 Å². The fourth-order valence-electron chi connectivity index (χ4n) is 3.23. The molecule has 1 aromatic carbocycles. The Hall–Kier alpha value is -2.34. The molecule has 2 aromatic rings. The van der Waals surface area contributed by atoms with Gasteiger partial charge in [-0.2, -0.15) is 5.10 Å². The normalized spacial score (nSPS) is 16.9. The minimum atomic E-state index is 0.154. The number of para-hydroxylation sites is 1. The number of carbonyl (C=O) groups excluding carboxylic acids is 1. The number of carbonyl (C=O) groups is 1. The zero-order valence-electron chi connectivity index (χ0n) is 14.6. The highest BCUT2D eigenvalue weighted by Crippen LogP contribution is 2.15. The van der Waals surface area contributed by atoms with E-state index in [-0.39, 0.29) is 5.91 Å². The van der Waals surface area contributed by atoms with Crippen LogP contribution in [0.3, 0.4) is 0 Å². The first-order chi connectivity index (χ1) is 12.2. The third-order valence-corrected chi connectivity index (χ3v) is 4.66. The number of nitrogen functional groups attached to an aromatic ring is 1. The maximum Gasteiger partial charge on any atom is 0.220 e. The summed E-state index contributed by atoms with van der Waals surface area (Å²) in [6.45, 7) is 2.82. The Morgan fingerprint density at radius 1 is 1.36 bits per heavy atom. The van der Waals surface area contributed by atoms with Gasteiger partial charge in [-0.25, -0.2) is 4.68 Å². The fourth-order valence-corrected chi connectivity index (χ4v) is 3.23. The molecule has 1 saturated heterocycles. The van der Waals surface area contributed by atoms with Gasteiger partial charge in [-0.15, -0.1) is 0 Å². The van der Waals surface area contributed by atoms with E-state index in [1.807, 2.05) is 36.4 Å². The lowest BCUT2D eigenvalue weighted by Gasteiger charge is -2.08. The van der Waals surface area contributed by atoms with Crippen LogP contribution in [-0.4, -0.2) is 35.3 Å². The van der Waals surface area contributed by atoms with Gasteiger partial charge < -0.3 is 16.4 Å². The lowest BCUT2D eigenvalue weighted by Crippen LogP contribution is -2.25. The van der Waals surface area contributed by atoms with Crippen LogP contribution in [0.4, 0.5) is 5.82 Å². The lowest BCUT2D eigenvalue weighted by molar-refractivity contribution is -0.121. The van der Waals surface area contributed by atoms with Crippen molar-refractivity contribution in [2.45, 2.75) is 32.1 Å². The summed E-state index contributed by atoms with van der Waals surface area (Å²) in [4.78, 5) is 11.9. The van der Waals surface area contributed by atoms with E-state index in [0.29, 0.717) is 24.7 Å². The number of hydrogen-bond acceptors (Lipinski definition) is 4. The van der Waals surface area contributed by atoms with Crippen LogP contribution >= 0.6 is 0 Å². The van der Waals surface area contributed by atoms with Gasteiger partial charge in [0.2, 0.25) is 5.91 Å². The largest absolute Gasteiger partial charge is 0.384 e. The standard InChI is InChI=1S/C19H27N5O/c20-18-13-16(23-24(18)17-6-2-1-3-7-17)5-4-11-22-19(25)9-8-15-10-12-21-14-15/h1-3,6-7,13,15,21H,4-5,8-12,14,20H2,(H,22,25). The van der Waals surface area contributed by atoms with Gasteiger partial charge in [-0.05, 0) is 56.8 Å². The number of aryl methyl sites for hydroxylation is 1. The lowest BCUT2D eigenvalue weighted by atomic mass is 10.0. The maximum atomic E-state index is 11.9. The van der Waals surface area contributed by atoms with E-state index in [0.717, 1.165) is 43.7 Å². The Morgan fingerprint density at radius 3 is 2.96 bits per heavy atom. The molecule has 0 aliphatic carbocycles. The molecule has 6 heteroatoms. The average molecular weight is 341 g/mol. The van der Waals surface area contributed by atoms with Crippen molar-refractivity contribution in [2.75, 3.05) is 25.4 Å². The third kappa shape index (κ3) is 5.06. The molecule has 0 bridgehead atoms. The van der Waals surface area contributed by atoms with Crippen LogP contribution in [0.25, 0.3) is 5.69 Å². The van der Waals surface area contributed by atoms with Crippen LogP contribution in [0.2, 0.25) is 0 Å². The van der Waals surface area contributed by atoms with Crippen molar-refractivity contribution in [3.05, 3.63) is 42.1 Å². The highest BCUT2D eigenvalue weighted by Gasteiger charge is 2.15. The van der Waals surface area contributed by atoms with E-state index >= 15 is 0 Å². The number of amides is 1. The third-order valence-electron chi connectivity index (χ3n) is 4.66. The first-order valence-corrected chi connectivity index (χ1v) is 9.09. The van der Waals surface area contributed by atoms with Crippen LogP contribution in [0.5, 0.6) is 0 Å². The van der Waals surface area contributed by atoms with Crippen molar-refractivity contribution in [1.29, 1.82) is 0 Å². The van der Waals surface area contributed by atoms with Gasteiger partial charge in [0.05, 0.1) is 11.4 Å². The van der Waals surface area contributed by atoms with Gasteiger partial charge in [-0.3, -0.25) is 4.79 Å². The minimum absolute atomic E-state index is 0.154. The molecule has 1 aliphatic heterocycles. The summed E-state index contributed by atoms with van der Waals surface area (Å²) in [6, 6.07) is 11.8. The van der Waals surface area contributed by atoms with Crippen LogP contribution < -0.4 is 16.4 Å². The Balaban J connectivity index is 1.38. The van der Waals surface area contributed by atoms with Gasteiger partial charge in [0.15, 0.2) is 0 Å². The summed E-state index contributed by atoms with van der Waals surface area (Å²) >= 11 is 0. The van der Waals surface area contributed by atoms with Crippen molar-refractivity contribution in [2.24, 2.45) is 5.92 Å². The molecule has 1 aromatic heterocycles. The van der Waals surface area contributed by atoms with Crippen molar-refractivity contribution in [3.8, 4) is 5.69 Å². The van der Waals surface area contributed by atoms with Crippen molar-refractivity contribution < 1.29 is 4.79 Å². The van der Waals surface area contributed by atoms with Crippen LogP contribution in [0, 0.1) is 5.92 Å². The number of hydrogen-bond donors (Lipinski definition) is 3. The van der Waals surface area contributed by atoms with Gasteiger partial charge in [-0.1, -0.05) is 18.2 Å². The van der Waals surface area contributed by atoms with E-state index in [4.69, 9.17) is 5.73 Å². The van der Waals surface area contributed by atoms with Gasteiger partial charge in [0.1, 0.15) is 5.82 Å². The van der Waals surface area contributed by atoms with E-state index in [1.54, 1.807) is 4.68 Å². The summed E-state index contributed by atoms with van der Waals surface area (Å²) < 4.78 is 1.75. The molecule has 1 unspecified atom stereocenters. The Morgan fingerprint density at radius 2 is 2.20 bits per heavy atom. The van der Waals surface area contributed by atoms with Gasteiger partial charge in [0, 0.05) is 19.0 Å². The predicted octanol–water partition coefficient (Wildman–Crippen LogP) is 1.89. The summed E-state index contributed by atoms with van der Waals surface area (Å²) in [7, 11) is 0. The molecule has 1 fully saturated rings. The average Bonchev–Trinajstić information content (AvgIpc) is 3.27. The number of benzene rings is 1. The molecule has 0 saturated carbocycles. The van der Waals surface area contributed by atoms with E-state index in [1.165, 1.54) is 6.42 Å². The first kappa shape index (κ1) is 17.5. The van der Waals surface area contributed by atoms with Crippen molar-refractivity contribution in [3.63, 3.8) is 0 Å². The van der Waals surface area contributed by atoms with Crippen molar-refractivity contribution in [1.82, 2.24) is 20.4 Å². The molecule has 0 spiro atoms. The molecule has 3 rings (SSSR count). The number of aromatic nitrogens is 2. The molecule has 6 nitrogen and oxygen atoms in total. The topological polar surface area (TPSA) is 85.0 Å². The highest BCUT2D eigenvalue weighted by molar-refractivity contribution is 5.75. The zero-order valence-corrected chi connectivity index (χ0v) is 14.6. The molecule has 0 radical (unpaired) electrons. The molecule has 2 heterocycles. The SMILES string of the molecule is Nc1cc(CCCNC(=O)CCC2CCNC2)nn1-c1ccccc1. The molecule has 1 aliphatic rings. The molecular formula is C19H27N5O. The maximum absolute atomic E-state index is 11.9. The monoisotopic (exact) mass is 341 g/mol. The zero-order chi connectivity index (χ0) is 17.5. The summed E-state index contributed by atoms with van der Waals surface area (Å²) in [5.74, 6) is 1.45. The second-order valence-corrected chi connectivity index (χ2v) is 6.66. The summed E-state index contributed by atoms with van der Waals surface area (Å²) in [5, 5.41) is 10.9. The van der Waals surface area contributed by atoms with Gasteiger partial charge >= 0.3 is 0 Å². The van der Waals surface area contributed by atoms with E-state index in [9.17, 15) is 4.79 Å². The second-order valence-electron chi connectivity index (χ2n) is 6.66. The smallest absolute Gasteiger partial charge is 0.220 e. The predicted molar refractivity (Wildman–Crippen MR) is 99.5 cm³/mol. The number of anilines is 1. The minimum Gasteiger partial charge on any atom is -0.384 e. The molecule has 1 atom stereocenters. The first-order valence-electron chi connectivity index (χ1n) is 9.09. The summed E-state index contributed by atoms with van der Waals surface area (Å²) in [6.07, 6.45) is 4.47.